The summed E-state index contributed by atoms with van der Waals surface area (Å²) in [6.45, 7) is 6.43. The van der Waals surface area contributed by atoms with Gasteiger partial charge in [0.15, 0.2) is 6.29 Å². The van der Waals surface area contributed by atoms with Gasteiger partial charge in [-0.15, -0.1) is 0 Å². The fourth-order valence-corrected chi connectivity index (χ4v) is 2.31. The predicted molar refractivity (Wildman–Crippen MR) is 80.2 cm³/mol. The molecule has 3 nitrogen and oxygen atoms in total. The van der Waals surface area contributed by atoms with Gasteiger partial charge >= 0.3 is 0 Å². The zero-order valence-corrected chi connectivity index (χ0v) is 12.6. The van der Waals surface area contributed by atoms with Gasteiger partial charge in [-0.3, -0.25) is 0 Å². The quantitative estimate of drug-likeness (QED) is 0.702. The lowest BCUT2D eigenvalue weighted by molar-refractivity contribution is -0.165. The van der Waals surface area contributed by atoms with Gasteiger partial charge in [-0.2, -0.15) is 0 Å². The largest absolute Gasteiger partial charge is 0.491 e. The highest BCUT2D eigenvalue weighted by atomic mass is 16.7. The van der Waals surface area contributed by atoms with Crippen LogP contribution in [0.25, 0.3) is 0 Å². The van der Waals surface area contributed by atoms with E-state index in [0.717, 1.165) is 31.6 Å². The van der Waals surface area contributed by atoms with Crippen LogP contribution in [0, 0.1) is 0 Å². The Morgan fingerprint density at radius 2 is 2.00 bits per heavy atom. The molecule has 20 heavy (non-hydrogen) atoms. The molecule has 1 heterocycles. The Bertz CT molecular complexity index is 368. The van der Waals surface area contributed by atoms with E-state index in [1.165, 1.54) is 12.0 Å². The molecule has 0 bridgehead atoms. The van der Waals surface area contributed by atoms with E-state index in [2.05, 4.69) is 26.0 Å². The summed E-state index contributed by atoms with van der Waals surface area (Å²) in [5, 5.41) is 0. The van der Waals surface area contributed by atoms with Gasteiger partial charge < -0.3 is 14.2 Å². The molecule has 2 atom stereocenters. The van der Waals surface area contributed by atoms with Gasteiger partial charge in [0, 0.05) is 6.61 Å². The molecule has 0 aliphatic carbocycles. The van der Waals surface area contributed by atoms with Crippen molar-refractivity contribution in [2.24, 2.45) is 0 Å². The number of hydrogen-bond acceptors (Lipinski definition) is 3. The second kappa shape index (κ2) is 8.28. The van der Waals surface area contributed by atoms with Crippen molar-refractivity contribution < 1.29 is 14.2 Å². The van der Waals surface area contributed by atoms with Crippen molar-refractivity contribution in [2.45, 2.75) is 51.7 Å². The van der Waals surface area contributed by atoms with E-state index in [0.29, 0.717) is 19.1 Å². The smallest absolute Gasteiger partial charge is 0.157 e. The van der Waals surface area contributed by atoms with Crippen molar-refractivity contribution in [3.05, 3.63) is 29.8 Å². The van der Waals surface area contributed by atoms with Gasteiger partial charge in [-0.1, -0.05) is 26.0 Å². The molecule has 2 rings (SSSR count). The second-order valence-electron chi connectivity index (χ2n) is 5.39. The van der Waals surface area contributed by atoms with Crippen molar-refractivity contribution >= 4 is 0 Å². The highest BCUT2D eigenvalue weighted by molar-refractivity contribution is 5.29. The molecule has 1 aliphatic heterocycles. The van der Waals surface area contributed by atoms with Crippen LogP contribution >= 0.6 is 0 Å². The summed E-state index contributed by atoms with van der Waals surface area (Å²) in [7, 11) is 0. The van der Waals surface area contributed by atoms with Crippen molar-refractivity contribution in [1.82, 2.24) is 0 Å². The Balaban J connectivity index is 1.66. The van der Waals surface area contributed by atoms with Crippen molar-refractivity contribution in [3.63, 3.8) is 0 Å². The zero-order valence-electron chi connectivity index (χ0n) is 12.6. The van der Waals surface area contributed by atoms with E-state index < -0.39 is 0 Å². The molecule has 112 valence electrons. The third-order valence-electron chi connectivity index (χ3n) is 3.86. The fraction of sp³-hybridized carbons (Fsp3) is 0.647. The van der Waals surface area contributed by atoms with E-state index in [1.807, 2.05) is 12.1 Å². The maximum absolute atomic E-state index is 5.68. The Kier molecular flexibility index (Phi) is 6.34. The van der Waals surface area contributed by atoms with Crippen LogP contribution in [0.4, 0.5) is 0 Å². The predicted octanol–water partition coefficient (Wildman–Crippen LogP) is 4.12. The Hall–Kier alpha value is -1.06. The zero-order chi connectivity index (χ0) is 14.2. The van der Waals surface area contributed by atoms with Gasteiger partial charge in [0.05, 0.1) is 6.61 Å². The van der Waals surface area contributed by atoms with Crippen LogP contribution in [-0.2, 0) is 9.47 Å². The molecule has 0 spiro atoms. The van der Waals surface area contributed by atoms with Crippen LogP contribution < -0.4 is 4.74 Å². The summed E-state index contributed by atoms with van der Waals surface area (Å²) in [6.07, 6.45) is 4.49. The molecule has 3 heteroatoms. The average Bonchev–Trinajstić information content (AvgIpc) is 2.52. The first-order valence-electron chi connectivity index (χ1n) is 7.75. The molecule has 1 aliphatic rings. The lowest BCUT2D eigenvalue weighted by atomic mass is 9.99. The highest BCUT2D eigenvalue weighted by Gasteiger charge is 2.13. The maximum Gasteiger partial charge on any atom is 0.157 e. The number of hydrogen-bond donors (Lipinski definition) is 0. The van der Waals surface area contributed by atoms with E-state index in [-0.39, 0.29) is 6.29 Å². The Morgan fingerprint density at radius 3 is 2.65 bits per heavy atom. The van der Waals surface area contributed by atoms with Gasteiger partial charge in [0.2, 0.25) is 0 Å². The Morgan fingerprint density at radius 1 is 1.20 bits per heavy atom. The molecule has 1 fully saturated rings. The summed E-state index contributed by atoms with van der Waals surface area (Å²) < 4.78 is 16.8. The Labute approximate surface area is 122 Å². The third-order valence-corrected chi connectivity index (χ3v) is 3.86. The molecule has 1 saturated heterocycles. The summed E-state index contributed by atoms with van der Waals surface area (Å²) in [4.78, 5) is 0. The minimum atomic E-state index is -0.0277. The molecular formula is C17H26O3. The summed E-state index contributed by atoms with van der Waals surface area (Å²) in [6, 6.07) is 8.38. The van der Waals surface area contributed by atoms with Crippen LogP contribution in [0.5, 0.6) is 5.75 Å². The minimum absolute atomic E-state index is 0.0277. The summed E-state index contributed by atoms with van der Waals surface area (Å²) in [5.74, 6) is 1.51. The molecule has 1 aromatic rings. The van der Waals surface area contributed by atoms with Crippen molar-refractivity contribution in [2.75, 3.05) is 19.8 Å². The first kappa shape index (κ1) is 15.3. The van der Waals surface area contributed by atoms with Gasteiger partial charge in [0.1, 0.15) is 12.4 Å². The van der Waals surface area contributed by atoms with Gasteiger partial charge in [-0.25, -0.2) is 0 Å². The average molecular weight is 278 g/mol. The molecule has 0 saturated carbocycles. The molecule has 0 N–H and O–H groups in total. The number of rotatable bonds is 7. The van der Waals surface area contributed by atoms with Gasteiger partial charge in [0.25, 0.3) is 0 Å². The van der Waals surface area contributed by atoms with Crippen molar-refractivity contribution in [3.8, 4) is 5.75 Å². The molecule has 0 aromatic heterocycles. The highest BCUT2D eigenvalue weighted by Crippen LogP contribution is 2.21. The third kappa shape index (κ3) is 4.80. The molecule has 2 unspecified atom stereocenters. The maximum atomic E-state index is 5.68. The van der Waals surface area contributed by atoms with Gasteiger partial charge in [-0.05, 0) is 49.3 Å². The SMILES string of the molecule is CCC(C)c1ccc(OCCOC2CCCCO2)cc1. The fourth-order valence-electron chi connectivity index (χ4n) is 2.31. The lowest BCUT2D eigenvalue weighted by Crippen LogP contribution is -2.24. The normalized spacial score (nSPS) is 20.6. The molecule has 1 aromatic carbocycles. The standard InChI is InChI=1S/C17H26O3/c1-3-14(2)15-7-9-16(10-8-15)18-12-13-20-17-6-4-5-11-19-17/h7-10,14,17H,3-6,11-13H2,1-2H3. The molecular weight excluding hydrogens is 252 g/mol. The number of ether oxygens (including phenoxy) is 3. The van der Waals surface area contributed by atoms with E-state index >= 15 is 0 Å². The van der Waals surface area contributed by atoms with E-state index in [9.17, 15) is 0 Å². The van der Waals surface area contributed by atoms with E-state index in [4.69, 9.17) is 14.2 Å². The molecule has 0 amide bonds. The summed E-state index contributed by atoms with van der Waals surface area (Å²) in [5.41, 5.74) is 1.37. The lowest BCUT2D eigenvalue weighted by Gasteiger charge is -2.22. The van der Waals surface area contributed by atoms with Crippen LogP contribution in [0.1, 0.15) is 51.0 Å². The monoisotopic (exact) mass is 278 g/mol. The minimum Gasteiger partial charge on any atom is -0.491 e. The van der Waals surface area contributed by atoms with Crippen LogP contribution in [0.3, 0.4) is 0 Å². The first-order chi connectivity index (χ1) is 9.79. The van der Waals surface area contributed by atoms with Crippen LogP contribution in [-0.4, -0.2) is 26.1 Å². The van der Waals surface area contributed by atoms with Crippen LogP contribution in [0.2, 0.25) is 0 Å². The number of benzene rings is 1. The molecule has 0 radical (unpaired) electrons. The summed E-state index contributed by atoms with van der Waals surface area (Å²) >= 11 is 0. The van der Waals surface area contributed by atoms with E-state index in [1.54, 1.807) is 0 Å². The van der Waals surface area contributed by atoms with Crippen LogP contribution in [0.15, 0.2) is 24.3 Å². The topological polar surface area (TPSA) is 27.7 Å². The van der Waals surface area contributed by atoms with Crippen molar-refractivity contribution in [1.29, 1.82) is 0 Å². The first-order valence-corrected chi connectivity index (χ1v) is 7.75. The second-order valence-corrected chi connectivity index (χ2v) is 5.39.